The fraction of sp³-hybridized carbons (Fsp3) is 0.250. The topological polar surface area (TPSA) is 33.2 Å². The monoisotopic (exact) mass is 272 g/mol. The van der Waals surface area contributed by atoms with E-state index >= 15 is 0 Å². The molecule has 1 aromatic heterocycles. The number of halogens is 1. The molecule has 2 rings (SSSR count). The number of carbonyl (C=O) groups excluding carboxylic acids is 1. The van der Waals surface area contributed by atoms with Gasteiger partial charge in [0.15, 0.2) is 0 Å². The number of pyridine rings is 1. The van der Waals surface area contributed by atoms with Crippen molar-refractivity contribution in [2.45, 2.75) is 19.4 Å². The van der Waals surface area contributed by atoms with Crippen molar-refractivity contribution in [3.05, 3.63) is 65.7 Å². The van der Waals surface area contributed by atoms with Gasteiger partial charge in [0.1, 0.15) is 5.82 Å². The van der Waals surface area contributed by atoms with Crippen molar-refractivity contribution in [1.82, 2.24) is 9.88 Å². The van der Waals surface area contributed by atoms with Crippen LogP contribution < -0.4 is 0 Å². The quantitative estimate of drug-likeness (QED) is 0.838. The van der Waals surface area contributed by atoms with Gasteiger partial charge in [0.2, 0.25) is 5.91 Å². The molecule has 1 heterocycles. The molecule has 4 heteroatoms. The van der Waals surface area contributed by atoms with Crippen LogP contribution in [0, 0.1) is 5.82 Å². The number of carbonyl (C=O) groups is 1. The standard InChI is InChI=1S/C16H17FN2O/c1-19(12-14-7-9-18-10-8-14)16(20)6-5-13-3-2-4-15(17)11-13/h2-4,7-11H,5-6,12H2,1H3. The van der Waals surface area contributed by atoms with Crippen molar-refractivity contribution in [2.24, 2.45) is 0 Å². The Kier molecular flexibility index (Phi) is 4.82. The molecule has 0 aliphatic heterocycles. The van der Waals surface area contributed by atoms with Crippen molar-refractivity contribution < 1.29 is 9.18 Å². The Morgan fingerprint density at radius 1 is 1.20 bits per heavy atom. The van der Waals surface area contributed by atoms with E-state index in [2.05, 4.69) is 4.98 Å². The van der Waals surface area contributed by atoms with E-state index in [1.54, 1.807) is 30.4 Å². The summed E-state index contributed by atoms with van der Waals surface area (Å²) >= 11 is 0. The number of aryl methyl sites for hydroxylation is 1. The highest BCUT2D eigenvalue weighted by Gasteiger charge is 2.09. The van der Waals surface area contributed by atoms with Crippen molar-refractivity contribution in [2.75, 3.05) is 7.05 Å². The van der Waals surface area contributed by atoms with Crippen LogP contribution in [0.2, 0.25) is 0 Å². The van der Waals surface area contributed by atoms with E-state index < -0.39 is 0 Å². The number of benzene rings is 1. The lowest BCUT2D eigenvalue weighted by Gasteiger charge is -2.17. The van der Waals surface area contributed by atoms with Gasteiger partial charge in [-0.15, -0.1) is 0 Å². The molecule has 0 aliphatic carbocycles. The van der Waals surface area contributed by atoms with Gasteiger partial charge < -0.3 is 4.90 Å². The summed E-state index contributed by atoms with van der Waals surface area (Å²) in [6.45, 7) is 0.560. The highest BCUT2D eigenvalue weighted by atomic mass is 19.1. The first kappa shape index (κ1) is 14.2. The van der Waals surface area contributed by atoms with E-state index in [0.29, 0.717) is 19.4 Å². The Labute approximate surface area is 118 Å². The molecule has 20 heavy (non-hydrogen) atoms. The second kappa shape index (κ2) is 6.80. The molecule has 0 aliphatic rings. The molecule has 0 radical (unpaired) electrons. The van der Waals surface area contributed by atoms with Crippen LogP contribution in [0.25, 0.3) is 0 Å². The number of nitrogens with zero attached hydrogens (tertiary/aromatic N) is 2. The zero-order valence-electron chi connectivity index (χ0n) is 11.4. The van der Waals surface area contributed by atoms with E-state index in [9.17, 15) is 9.18 Å². The van der Waals surface area contributed by atoms with E-state index in [1.165, 1.54) is 12.1 Å². The van der Waals surface area contributed by atoms with Crippen LogP contribution in [0.1, 0.15) is 17.5 Å². The summed E-state index contributed by atoms with van der Waals surface area (Å²) in [4.78, 5) is 17.6. The van der Waals surface area contributed by atoms with Crippen LogP contribution in [0.3, 0.4) is 0 Å². The predicted octanol–water partition coefficient (Wildman–Crippen LogP) is 2.81. The highest BCUT2D eigenvalue weighted by molar-refractivity contribution is 5.76. The summed E-state index contributed by atoms with van der Waals surface area (Å²) in [7, 11) is 1.77. The normalized spacial score (nSPS) is 10.3. The van der Waals surface area contributed by atoms with Gasteiger partial charge in [-0.3, -0.25) is 9.78 Å². The van der Waals surface area contributed by atoms with E-state index in [4.69, 9.17) is 0 Å². The van der Waals surface area contributed by atoms with E-state index in [1.807, 2.05) is 18.2 Å². The second-order valence-electron chi connectivity index (χ2n) is 4.74. The smallest absolute Gasteiger partial charge is 0.222 e. The minimum atomic E-state index is -0.264. The average Bonchev–Trinajstić information content (AvgIpc) is 2.46. The maximum Gasteiger partial charge on any atom is 0.222 e. The van der Waals surface area contributed by atoms with Crippen LogP contribution in [0.15, 0.2) is 48.8 Å². The van der Waals surface area contributed by atoms with Crippen molar-refractivity contribution in [3.8, 4) is 0 Å². The first-order valence-electron chi connectivity index (χ1n) is 6.52. The summed E-state index contributed by atoms with van der Waals surface area (Å²) in [5.41, 5.74) is 1.89. The number of hydrogen-bond donors (Lipinski definition) is 0. The molecule has 0 saturated carbocycles. The summed E-state index contributed by atoms with van der Waals surface area (Å²) in [5.74, 6) is -0.217. The zero-order valence-corrected chi connectivity index (χ0v) is 11.4. The highest BCUT2D eigenvalue weighted by Crippen LogP contribution is 2.08. The number of amides is 1. The molecule has 3 nitrogen and oxygen atoms in total. The molecule has 0 unspecified atom stereocenters. The Bertz CT molecular complexity index is 572. The van der Waals surface area contributed by atoms with Crippen LogP contribution in [-0.4, -0.2) is 22.8 Å². The Hall–Kier alpha value is -2.23. The number of hydrogen-bond acceptors (Lipinski definition) is 2. The fourth-order valence-corrected chi connectivity index (χ4v) is 1.98. The van der Waals surface area contributed by atoms with Crippen LogP contribution >= 0.6 is 0 Å². The summed E-state index contributed by atoms with van der Waals surface area (Å²) in [6.07, 6.45) is 4.35. The SMILES string of the molecule is CN(Cc1ccncc1)C(=O)CCc1cccc(F)c1. The predicted molar refractivity (Wildman–Crippen MR) is 75.4 cm³/mol. The Morgan fingerprint density at radius 2 is 1.95 bits per heavy atom. The Morgan fingerprint density at radius 3 is 2.65 bits per heavy atom. The average molecular weight is 272 g/mol. The van der Waals surface area contributed by atoms with E-state index in [-0.39, 0.29) is 11.7 Å². The maximum atomic E-state index is 13.0. The summed E-state index contributed by atoms with van der Waals surface area (Å²) < 4.78 is 13.0. The molecule has 0 atom stereocenters. The Balaban J connectivity index is 1.85. The number of rotatable bonds is 5. The summed E-state index contributed by atoms with van der Waals surface area (Å²) in [5, 5.41) is 0. The molecule has 1 amide bonds. The number of aromatic nitrogens is 1. The first-order chi connectivity index (χ1) is 9.65. The lowest BCUT2D eigenvalue weighted by atomic mass is 10.1. The third-order valence-corrected chi connectivity index (χ3v) is 3.11. The molecule has 0 N–H and O–H groups in total. The molecule has 0 spiro atoms. The maximum absolute atomic E-state index is 13.0. The third kappa shape index (κ3) is 4.16. The molecular formula is C16H17FN2O. The molecule has 0 saturated heterocycles. The molecule has 0 fully saturated rings. The molecular weight excluding hydrogens is 255 g/mol. The molecule has 2 aromatic rings. The lowest BCUT2D eigenvalue weighted by Crippen LogP contribution is -2.26. The third-order valence-electron chi connectivity index (χ3n) is 3.11. The van der Waals surface area contributed by atoms with Gasteiger partial charge in [-0.2, -0.15) is 0 Å². The van der Waals surface area contributed by atoms with Crippen LogP contribution in [0.4, 0.5) is 4.39 Å². The minimum absolute atomic E-state index is 0.0473. The minimum Gasteiger partial charge on any atom is -0.341 e. The fourth-order valence-electron chi connectivity index (χ4n) is 1.98. The van der Waals surface area contributed by atoms with Crippen molar-refractivity contribution >= 4 is 5.91 Å². The van der Waals surface area contributed by atoms with Crippen molar-refractivity contribution in [3.63, 3.8) is 0 Å². The summed E-state index contributed by atoms with van der Waals surface area (Å²) in [6, 6.07) is 10.1. The molecule has 0 bridgehead atoms. The zero-order chi connectivity index (χ0) is 14.4. The lowest BCUT2D eigenvalue weighted by molar-refractivity contribution is -0.130. The molecule has 1 aromatic carbocycles. The van der Waals surface area contributed by atoms with Gasteiger partial charge in [-0.25, -0.2) is 4.39 Å². The largest absolute Gasteiger partial charge is 0.341 e. The molecule has 104 valence electrons. The van der Waals surface area contributed by atoms with Crippen LogP contribution in [-0.2, 0) is 17.8 Å². The van der Waals surface area contributed by atoms with E-state index in [0.717, 1.165) is 11.1 Å². The van der Waals surface area contributed by atoms with Gasteiger partial charge >= 0.3 is 0 Å². The van der Waals surface area contributed by atoms with Gasteiger partial charge in [-0.1, -0.05) is 12.1 Å². The van der Waals surface area contributed by atoms with Crippen molar-refractivity contribution in [1.29, 1.82) is 0 Å². The van der Waals surface area contributed by atoms with Gasteiger partial charge in [0, 0.05) is 32.4 Å². The first-order valence-corrected chi connectivity index (χ1v) is 6.52. The second-order valence-corrected chi connectivity index (χ2v) is 4.74. The van der Waals surface area contributed by atoms with Gasteiger partial charge in [-0.05, 0) is 41.8 Å². The van der Waals surface area contributed by atoms with Gasteiger partial charge in [0.25, 0.3) is 0 Å². The van der Waals surface area contributed by atoms with Gasteiger partial charge in [0.05, 0.1) is 0 Å². The van der Waals surface area contributed by atoms with Crippen LogP contribution in [0.5, 0.6) is 0 Å².